The van der Waals surface area contributed by atoms with Crippen LogP contribution in [0.1, 0.15) is 29.8 Å². The highest BCUT2D eigenvalue weighted by Gasteiger charge is 2.08. The molecule has 6 nitrogen and oxygen atoms in total. The lowest BCUT2D eigenvalue weighted by Gasteiger charge is -2.12. The molecule has 1 aromatic heterocycles. The minimum absolute atomic E-state index is 0.0945. The zero-order valence-corrected chi connectivity index (χ0v) is 16.2. The van der Waals surface area contributed by atoms with Gasteiger partial charge >= 0.3 is 0 Å². The summed E-state index contributed by atoms with van der Waals surface area (Å²) in [5.74, 6) is 1.39. The van der Waals surface area contributed by atoms with Crippen LogP contribution in [-0.2, 0) is 6.42 Å². The molecule has 28 heavy (non-hydrogen) atoms. The average Bonchev–Trinajstić information content (AvgIpc) is 3.25. The fourth-order valence-electron chi connectivity index (χ4n) is 2.86. The predicted octanol–water partition coefficient (Wildman–Crippen LogP) is 3.64. The first-order valence-electron chi connectivity index (χ1n) is 9.48. The first kappa shape index (κ1) is 19.5. The molecule has 0 bridgehead atoms. The third-order valence-corrected chi connectivity index (χ3v) is 4.21. The maximum absolute atomic E-state index is 12.4. The van der Waals surface area contributed by atoms with Crippen LogP contribution >= 0.6 is 0 Å². The van der Waals surface area contributed by atoms with Crippen molar-refractivity contribution < 1.29 is 14.3 Å². The minimum atomic E-state index is -0.0945. The highest BCUT2D eigenvalue weighted by Crippen LogP contribution is 2.28. The van der Waals surface area contributed by atoms with Crippen LogP contribution in [0.5, 0.6) is 11.5 Å². The average molecular weight is 379 g/mol. The van der Waals surface area contributed by atoms with Crippen molar-refractivity contribution in [3.63, 3.8) is 0 Å². The van der Waals surface area contributed by atoms with Crippen molar-refractivity contribution in [1.82, 2.24) is 15.1 Å². The number of carbonyl (C=O) groups is 1. The van der Waals surface area contributed by atoms with E-state index in [0.29, 0.717) is 31.7 Å². The summed E-state index contributed by atoms with van der Waals surface area (Å²) in [6.07, 6.45) is 4.30. The molecule has 0 aliphatic heterocycles. The van der Waals surface area contributed by atoms with Crippen LogP contribution in [0.3, 0.4) is 0 Å². The number of carbonyl (C=O) groups excluding carboxylic acids is 1. The number of rotatable bonds is 9. The molecule has 0 fully saturated rings. The van der Waals surface area contributed by atoms with E-state index in [1.165, 1.54) is 0 Å². The molecular weight excluding hydrogens is 354 g/mol. The van der Waals surface area contributed by atoms with Crippen LogP contribution in [0.4, 0.5) is 0 Å². The Labute approximate surface area is 165 Å². The lowest BCUT2D eigenvalue weighted by molar-refractivity contribution is 0.0954. The molecular formula is C22H25N3O3. The number of nitrogens with zero attached hydrogens (tertiary/aromatic N) is 2. The summed E-state index contributed by atoms with van der Waals surface area (Å²) in [5, 5.41) is 7.14. The van der Waals surface area contributed by atoms with Gasteiger partial charge in [-0.2, -0.15) is 5.10 Å². The number of ether oxygens (including phenoxy) is 2. The number of aromatic nitrogens is 2. The zero-order valence-electron chi connectivity index (χ0n) is 16.2. The van der Waals surface area contributed by atoms with Crippen molar-refractivity contribution in [2.45, 2.75) is 20.3 Å². The van der Waals surface area contributed by atoms with E-state index in [1.807, 2.05) is 56.4 Å². The van der Waals surface area contributed by atoms with E-state index >= 15 is 0 Å². The number of amides is 1. The highest BCUT2D eigenvalue weighted by atomic mass is 16.5. The van der Waals surface area contributed by atoms with Crippen molar-refractivity contribution in [1.29, 1.82) is 0 Å². The summed E-state index contributed by atoms with van der Waals surface area (Å²) >= 11 is 0. The second kappa shape index (κ2) is 9.60. The Bertz CT molecular complexity index is 890. The first-order valence-corrected chi connectivity index (χ1v) is 9.48. The van der Waals surface area contributed by atoms with Crippen LogP contribution < -0.4 is 14.8 Å². The van der Waals surface area contributed by atoms with Crippen LogP contribution in [0.15, 0.2) is 60.9 Å². The lowest BCUT2D eigenvalue weighted by Crippen LogP contribution is -2.25. The molecule has 2 aromatic carbocycles. The van der Waals surface area contributed by atoms with Gasteiger partial charge in [-0.05, 0) is 68.3 Å². The van der Waals surface area contributed by atoms with Gasteiger partial charge in [-0.3, -0.25) is 4.79 Å². The summed E-state index contributed by atoms with van der Waals surface area (Å²) in [4.78, 5) is 12.4. The van der Waals surface area contributed by atoms with E-state index in [-0.39, 0.29) is 5.91 Å². The Morgan fingerprint density at radius 2 is 1.79 bits per heavy atom. The van der Waals surface area contributed by atoms with Crippen molar-refractivity contribution in [3.05, 3.63) is 72.1 Å². The molecule has 1 N–H and O–H groups in total. The molecule has 146 valence electrons. The van der Waals surface area contributed by atoms with Gasteiger partial charge in [0, 0.05) is 24.5 Å². The first-order chi connectivity index (χ1) is 13.7. The van der Waals surface area contributed by atoms with E-state index in [0.717, 1.165) is 22.7 Å². The van der Waals surface area contributed by atoms with Gasteiger partial charge in [-0.25, -0.2) is 4.68 Å². The second-order valence-corrected chi connectivity index (χ2v) is 6.15. The van der Waals surface area contributed by atoms with Gasteiger partial charge in [0.05, 0.1) is 18.9 Å². The molecule has 0 spiro atoms. The molecule has 3 rings (SSSR count). The quantitative estimate of drug-likeness (QED) is 0.616. The maximum atomic E-state index is 12.4. The summed E-state index contributed by atoms with van der Waals surface area (Å²) in [6, 6.07) is 15.1. The molecule has 0 unspecified atom stereocenters. The van der Waals surface area contributed by atoms with Gasteiger partial charge in [-0.15, -0.1) is 0 Å². The molecule has 6 heteroatoms. The molecule has 0 aliphatic rings. The Kier molecular flexibility index (Phi) is 6.68. The molecule has 1 heterocycles. The Hall–Kier alpha value is -3.28. The normalized spacial score (nSPS) is 10.5. The second-order valence-electron chi connectivity index (χ2n) is 6.15. The van der Waals surface area contributed by atoms with E-state index < -0.39 is 0 Å². The molecule has 0 radical (unpaired) electrons. The van der Waals surface area contributed by atoms with Gasteiger partial charge in [0.2, 0.25) is 0 Å². The largest absolute Gasteiger partial charge is 0.490 e. The van der Waals surface area contributed by atoms with E-state index in [2.05, 4.69) is 10.4 Å². The third kappa shape index (κ3) is 4.91. The fraction of sp³-hybridized carbons (Fsp3) is 0.273. The summed E-state index contributed by atoms with van der Waals surface area (Å²) < 4.78 is 13.0. The topological polar surface area (TPSA) is 65.4 Å². The van der Waals surface area contributed by atoms with Crippen LogP contribution in [-0.4, -0.2) is 35.4 Å². The lowest BCUT2D eigenvalue weighted by atomic mass is 10.1. The molecule has 3 aromatic rings. The zero-order chi connectivity index (χ0) is 19.8. The van der Waals surface area contributed by atoms with Crippen LogP contribution in [0.2, 0.25) is 0 Å². The van der Waals surface area contributed by atoms with Crippen LogP contribution in [0, 0.1) is 0 Å². The molecule has 0 atom stereocenters. The van der Waals surface area contributed by atoms with E-state index in [4.69, 9.17) is 9.47 Å². The maximum Gasteiger partial charge on any atom is 0.251 e. The highest BCUT2D eigenvalue weighted by molar-refractivity contribution is 5.94. The molecule has 0 saturated heterocycles. The Morgan fingerprint density at radius 1 is 1.04 bits per heavy atom. The summed E-state index contributed by atoms with van der Waals surface area (Å²) in [5.41, 5.74) is 2.62. The third-order valence-electron chi connectivity index (χ3n) is 4.21. The van der Waals surface area contributed by atoms with Crippen molar-refractivity contribution in [2.24, 2.45) is 0 Å². The Morgan fingerprint density at radius 3 is 2.46 bits per heavy atom. The number of hydrogen-bond acceptors (Lipinski definition) is 4. The van der Waals surface area contributed by atoms with Gasteiger partial charge < -0.3 is 14.8 Å². The summed E-state index contributed by atoms with van der Waals surface area (Å²) in [7, 11) is 0. The minimum Gasteiger partial charge on any atom is -0.490 e. The van der Waals surface area contributed by atoms with Crippen LogP contribution in [0.25, 0.3) is 5.69 Å². The van der Waals surface area contributed by atoms with Gasteiger partial charge in [0.25, 0.3) is 5.91 Å². The number of benzene rings is 2. The molecule has 0 aliphatic carbocycles. The molecule has 1 amide bonds. The van der Waals surface area contributed by atoms with Crippen molar-refractivity contribution in [3.8, 4) is 17.2 Å². The van der Waals surface area contributed by atoms with Gasteiger partial charge in [0.15, 0.2) is 11.5 Å². The number of nitrogens with one attached hydrogen (secondary N) is 1. The van der Waals surface area contributed by atoms with Crippen molar-refractivity contribution in [2.75, 3.05) is 19.8 Å². The van der Waals surface area contributed by atoms with Gasteiger partial charge in [0.1, 0.15) is 0 Å². The van der Waals surface area contributed by atoms with E-state index in [1.54, 1.807) is 23.0 Å². The monoisotopic (exact) mass is 379 g/mol. The molecule has 0 saturated carbocycles. The SMILES string of the molecule is CCOc1ccc(CCNC(=O)c2ccc(-n3cccn3)cc2)cc1OCC. The van der Waals surface area contributed by atoms with Crippen molar-refractivity contribution >= 4 is 5.91 Å². The standard InChI is InChI=1S/C22H25N3O3/c1-3-27-20-11-6-17(16-21(20)28-4-2)12-14-23-22(26)18-7-9-19(10-8-18)25-15-5-13-24-25/h5-11,13,15-16H,3-4,12,14H2,1-2H3,(H,23,26). The summed E-state index contributed by atoms with van der Waals surface area (Å²) in [6.45, 7) is 5.60. The predicted molar refractivity (Wildman–Crippen MR) is 108 cm³/mol. The van der Waals surface area contributed by atoms with E-state index in [9.17, 15) is 4.79 Å². The fourth-order valence-corrected chi connectivity index (χ4v) is 2.86. The Balaban J connectivity index is 1.55. The van der Waals surface area contributed by atoms with Gasteiger partial charge in [-0.1, -0.05) is 6.07 Å². The number of hydrogen-bond donors (Lipinski definition) is 1. The smallest absolute Gasteiger partial charge is 0.251 e.